The average Bonchev–Trinajstić information content (AvgIpc) is 2.61. The van der Waals surface area contributed by atoms with Crippen molar-refractivity contribution in [1.29, 1.82) is 0 Å². The van der Waals surface area contributed by atoms with Crippen molar-refractivity contribution in [2.24, 2.45) is 0 Å². The standard InChI is InChI=1S/C17H22BFN2O5/c1-2-16(22)21-9-3-4-14(11-21)26-17(23)20-15(10-18(24)25)12-5-7-13(19)8-6-12/h2,5-8,14-15,24-25H,1,3-4,9-11H2,(H,20,23)/t14-,15+/m0/s1. The molecule has 1 saturated heterocycles. The van der Waals surface area contributed by atoms with E-state index in [-0.39, 0.29) is 18.8 Å². The zero-order chi connectivity index (χ0) is 19.1. The maximum absolute atomic E-state index is 13.1. The van der Waals surface area contributed by atoms with E-state index in [1.165, 1.54) is 30.3 Å². The van der Waals surface area contributed by atoms with Gasteiger partial charge in [-0.3, -0.25) is 4.79 Å². The van der Waals surface area contributed by atoms with Crippen molar-refractivity contribution in [1.82, 2.24) is 10.2 Å². The van der Waals surface area contributed by atoms with Gasteiger partial charge in [0.15, 0.2) is 0 Å². The molecule has 0 spiro atoms. The summed E-state index contributed by atoms with van der Waals surface area (Å²) in [6, 6.07) is 4.59. The zero-order valence-corrected chi connectivity index (χ0v) is 14.3. The minimum absolute atomic E-state index is 0.174. The molecule has 2 amide bonds. The van der Waals surface area contributed by atoms with Gasteiger partial charge in [0.2, 0.25) is 5.91 Å². The summed E-state index contributed by atoms with van der Waals surface area (Å²) in [7, 11) is -1.65. The van der Waals surface area contributed by atoms with E-state index in [9.17, 15) is 24.0 Å². The van der Waals surface area contributed by atoms with Gasteiger partial charge in [0, 0.05) is 12.9 Å². The van der Waals surface area contributed by atoms with Gasteiger partial charge in [0.25, 0.3) is 0 Å². The van der Waals surface area contributed by atoms with Gasteiger partial charge < -0.3 is 25.0 Å². The topological polar surface area (TPSA) is 99.1 Å². The van der Waals surface area contributed by atoms with Gasteiger partial charge in [0.1, 0.15) is 11.9 Å². The summed E-state index contributed by atoms with van der Waals surface area (Å²) in [6.45, 7) is 4.31. The number of halogens is 1. The third kappa shape index (κ3) is 5.85. The number of amides is 2. The molecule has 0 aromatic heterocycles. The van der Waals surface area contributed by atoms with Crippen LogP contribution in [0.5, 0.6) is 0 Å². The van der Waals surface area contributed by atoms with Gasteiger partial charge >= 0.3 is 13.2 Å². The number of alkyl carbamates (subject to hydrolysis) is 1. The Hall–Kier alpha value is -2.39. The maximum atomic E-state index is 13.1. The fourth-order valence-corrected chi connectivity index (χ4v) is 2.88. The highest BCUT2D eigenvalue weighted by molar-refractivity contribution is 6.41. The number of hydrogen-bond acceptors (Lipinski definition) is 5. The Morgan fingerprint density at radius 1 is 1.42 bits per heavy atom. The second-order valence-electron chi connectivity index (χ2n) is 6.12. The van der Waals surface area contributed by atoms with Crippen molar-refractivity contribution in [2.75, 3.05) is 13.1 Å². The monoisotopic (exact) mass is 364 g/mol. The van der Waals surface area contributed by atoms with Crippen LogP contribution in [0.4, 0.5) is 9.18 Å². The minimum atomic E-state index is -1.65. The van der Waals surface area contributed by atoms with E-state index < -0.39 is 31.2 Å². The molecule has 3 N–H and O–H groups in total. The van der Waals surface area contributed by atoms with Crippen molar-refractivity contribution in [2.45, 2.75) is 31.3 Å². The molecule has 1 aromatic carbocycles. The van der Waals surface area contributed by atoms with Crippen LogP contribution in [-0.2, 0) is 9.53 Å². The Morgan fingerprint density at radius 3 is 2.73 bits per heavy atom. The Balaban J connectivity index is 1.97. The van der Waals surface area contributed by atoms with Crippen molar-refractivity contribution in [3.05, 3.63) is 48.3 Å². The van der Waals surface area contributed by atoms with Crippen LogP contribution < -0.4 is 5.32 Å². The van der Waals surface area contributed by atoms with Crippen molar-refractivity contribution in [3.63, 3.8) is 0 Å². The number of nitrogens with one attached hydrogen (secondary N) is 1. The molecule has 0 bridgehead atoms. The Labute approximate surface area is 151 Å². The van der Waals surface area contributed by atoms with Crippen molar-refractivity contribution in [3.8, 4) is 0 Å². The fourth-order valence-electron chi connectivity index (χ4n) is 2.88. The van der Waals surface area contributed by atoms with Crippen LogP contribution in [-0.4, -0.2) is 53.3 Å². The van der Waals surface area contributed by atoms with E-state index in [1.807, 2.05) is 0 Å². The molecule has 26 heavy (non-hydrogen) atoms. The van der Waals surface area contributed by atoms with E-state index >= 15 is 0 Å². The van der Waals surface area contributed by atoms with Crippen LogP contribution in [0.15, 0.2) is 36.9 Å². The summed E-state index contributed by atoms with van der Waals surface area (Å²) in [5.41, 5.74) is 0.517. The van der Waals surface area contributed by atoms with Crippen LogP contribution in [0.1, 0.15) is 24.4 Å². The number of benzene rings is 1. The molecule has 2 rings (SSSR count). The summed E-state index contributed by atoms with van der Waals surface area (Å²) in [5, 5.41) is 21.0. The molecule has 1 heterocycles. The number of carbonyl (C=O) groups is 2. The van der Waals surface area contributed by atoms with Crippen LogP contribution in [0.25, 0.3) is 0 Å². The second-order valence-corrected chi connectivity index (χ2v) is 6.12. The molecule has 140 valence electrons. The molecule has 0 aliphatic carbocycles. The number of carbonyl (C=O) groups excluding carboxylic acids is 2. The lowest BCUT2D eigenvalue weighted by Gasteiger charge is -2.32. The Kier molecular flexibility index (Phi) is 7.17. The molecule has 7 nitrogen and oxygen atoms in total. The van der Waals surface area contributed by atoms with Crippen molar-refractivity contribution < 1.29 is 28.8 Å². The second kappa shape index (κ2) is 9.35. The van der Waals surface area contributed by atoms with Gasteiger partial charge in [-0.05, 0) is 36.6 Å². The summed E-state index contributed by atoms with van der Waals surface area (Å²) in [4.78, 5) is 25.4. The molecule has 1 aliphatic heterocycles. The quantitative estimate of drug-likeness (QED) is 0.521. The lowest BCUT2D eigenvalue weighted by Crippen LogP contribution is -2.44. The molecule has 1 aliphatic rings. The number of likely N-dealkylation sites (tertiary alicyclic amines) is 1. The summed E-state index contributed by atoms with van der Waals surface area (Å²) < 4.78 is 18.4. The van der Waals surface area contributed by atoms with Gasteiger partial charge in [-0.15, -0.1) is 0 Å². The van der Waals surface area contributed by atoms with Gasteiger partial charge in [-0.1, -0.05) is 18.7 Å². The number of hydrogen-bond donors (Lipinski definition) is 3. The average molecular weight is 364 g/mol. The first kappa shape index (κ1) is 19.9. The highest BCUT2D eigenvalue weighted by Crippen LogP contribution is 2.20. The Bertz CT molecular complexity index is 641. The van der Waals surface area contributed by atoms with Gasteiger partial charge in [0.05, 0.1) is 12.6 Å². The SMILES string of the molecule is C=CC(=O)N1CCC[C@H](OC(=O)N[C@H](CB(O)O)c2ccc(F)cc2)C1. The van der Waals surface area contributed by atoms with Crippen LogP contribution in [0.2, 0.25) is 6.32 Å². The molecule has 0 unspecified atom stereocenters. The zero-order valence-electron chi connectivity index (χ0n) is 14.3. The lowest BCUT2D eigenvalue weighted by molar-refractivity contribution is -0.129. The summed E-state index contributed by atoms with van der Waals surface area (Å²) in [6.07, 6.45) is 1.17. The molecular formula is C17H22BFN2O5. The number of piperidine rings is 1. The molecule has 9 heteroatoms. The van der Waals surface area contributed by atoms with E-state index in [1.54, 1.807) is 4.90 Å². The first-order chi connectivity index (χ1) is 12.4. The van der Waals surface area contributed by atoms with Gasteiger partial charge in [-0.2, -0.15) is 0 Å². The van der Waals surface area contributed by atoms with Crippen LogP contribution in [0.3, 0.4) is 0 Å². The summed E-state index contributed by atoms with van der Waals surface area (Å²) in [5.74, 6) is -0.653. The lowest BCUT2D eigenvalue weighted by atomic mass is 9.79. The third-order valence-corrected chi connectivity index (χ3v) is 4.15. The molecule has 0 radical (unpaired) electrons. The maximum Gasteiger partial charge on any atom is 0.453 e. The number of ether oxygens (including phenoxy) is 1. The van der Waals surface area contributed by atoms with E-state index in [0.29, 0.717) is 24.9 Å². The number of rotatable bonds is 6. The minimum Gasteiger partial charge on any atom is -0.444 e. The summed E-state index contributed by atoms with van der Waals surface area (Å²) >= 11 is 0. The van der Waals surface area contributed by atoms with E-state index in [4.69, 9.17) is 4.74 Å². The fraction of sp³-hybridized carbons (Fsp3) is 0.412. The first-order valence-electron chi connectivity index (χ1n) is 8.39. The normalized spacial score (nSPS) is 18.0. The smallest absolute Gasteiger partial charge is 0.444 e. The predicted octanol–water partition coefficient (Wildman–Crippen LogP) is 1.24. The largest absolute Gasteiger partial charge is 0.453 e. The Morgan fingerprint density at radius 2 is 2.12 bits per heavy atom. The van der Waals surface area contributed by atoms with Gasteiger partial charge in [-0.25, -0.2) is 9.18 Å². The first-order valence-corrected chi connectivity index (χ1v) is 8.39. The van der Waals surface area contributed by atoms with Crippen LogP contribution >= 0.6 is 0 Å². The molecular weight excluding hydrogens is 342 g/mol. The van der Waals surface area contributed by atoms with Crippen molar-refractivity contribution >= 4 is 19.1 Å². The van der Waals surface area contributed by atoms with Crippen LogP contribution in [0, 0.1) is 5.82 Å². The predicted molar refractivity (Wildman–Crippen MR) is 93.6 cm³/mol. The van der Waals surface area contributed by atoms with E-state index in [0.717, 1.165) is 0 Å². The molecule has 1 aromatic rings. The number of nitrogens with zero attached hydrogens (tertiary/aromatic N) is 1. The molecule has 0 saturated carbocycles. The third-order valence-electron chi connectivity index (χ3n) is 4.15. The highest BCUT2D eigenvalue weighted by Gasteiger charge is 2.27. The molecule has 1 fully saturated rings. The molecule has 2 atom stereocenters. The highest BCUT2D eigenvalue weighted by atomic mass is 19.1. The van der Waals surface area contributed by atoms with E-state index in [2.05, 4.69) is 11.9 Å².